The summed E-state index contributed by atoms with van der Waals surface area (Å²) in [6.45, 7) is 16.4. The van der Waals surface area contributed by atoms with Crippen molar-refractivity contribution >= 4 is 19.5 Å². The highest BCUT2D eigenvalue weighted by Crippen LogP contribution is 2.15. The van der Waals surface area contributed by atoms with Crippen LogP contribution in [0.2, 0.25) is 6.55 Å². The Labute approximate surface area is 86.2 Å². The van der Waals surface area contributed by atoms with Gasteiger partial charge in [0.25, 0.3) is 0 Å². The third-order valence-electron chi connectivity index (χ3n) is 1.12. The van der Waals surface area contributed by atoms with E-state index in [1.807, 2.05) is 6.55 Å². The third kappa shape index (κ3) is 6.42. The largest absolute Gasteiger partial charge is 0.514 e. The highest BCUT2D eigenvalue weighted by Gasteiger charge is 2.31. The second-order valence-electron chi connectivity index (χ2n) is 2.83. The maximum Gasteiger partial charge on any atom is 0.483 e. The number of allylic oxidation sites excluding steroid dienone is 2. The van der Waals surface area contributed by atoms with Crippen LogP contribution < -0.4 is 0 Å². The molecule has 0 atom stereocenters. The molecule has 0 aliphatic rings. The first-order valence-electron chi connectivity index (χ1n) is 3.72. The first-order chi connectivity index (χ1) is 5.39. The normalized spacial score (nSPS) is 9.46. The van der Waals surface area contributed by atoms with E-state index in [0.29, 0.717) is 11.5 Å². The van der Waals surface area contributed by atoms with Gasteiger partial charge in [-0.2, -0.15) is 0 Å². The number of rotatable bonds is 5. The van der Waals surface area contributed by atoms with E-state index in [1.54, 1.807) is 19.5 Å². The van der Waals surface area contributed by atoms with Crippen molar-refractivity contribution in [1.82, 2.24) is 0 Å². The van der Waals surface area contributed by atoms with Crippen LogP contribution in [-0.4, -0.2) is 19.5 Å². The van der Waals surface area contributed by atoms with Crippen LogP contribution in [0.1, 0.15) is 13.8 Å². The van der Waals surface area contributed by atoms with E-state index in [2.05, 4.69) is 19.7 Å². The molecule has 0 spiro atoms. The van der Waals surface area contributed by atoms with Crippen LogP contribution in [0.5, 0.6) is 0 Å². The monoisotopic (exact) mass is 216 g/mol. The third-order valence-corrected chi connectivity index (χ3v) is 3.37. The topological polar surface area (TPSA) is 18.5 Å². The Hall–Kier alpha value is -0.746. The van der Waals surface area contributed by atoms with Gasteiger partial charge >= 0.3 is 8.56 Å². The molecule has 0 rings (SSSR count). The summed E-state index contributed by atoms with van der Waals surface area (Å²) < 4.78 is 10.9. The molecule has 0 aromatic rings. The van der Waals surface area contributed by atoms with Gasteiger partial charge in [-0.3, -0.25) is 0 Å². The Morgan fingerprint density at radius 2 is 1.46 bits per heavy atom. The van der Waals surface area contributed by atoms with E-state index in [4.69, 9.17) is 8.85 Å². The lowest BCUT2D eigenvalue weighted by Crippen LogP contribution is -2.35. The fourth-order valence-electron chi connectivity index (χ4n) is 0.796. The molecule has 0 amide bonds. The summed E-state index contributed by atoms with van der Waals surface area (Å²) in [5, 5.41) is 0. The Balaban J connectivity index is 0. The molecule has 2 nitrogen and oxygen atoms in total. The molecule has 13 heavy (non-hydrogen) atoms. The Morgan fingerprint density at radius 1 is 1.15 bits per heavy atom. The van der Waals surface area contributed by atoms with Crippen molar-refractivity contribution < 1.29 is 8.85 Å². The summed E-state index contributed by atoms with van der Waals surface area (Å²) in [5.74, 6) is 1.29. The van der Waals surface area contributed by atoms with Crippen molar-refractivity contribution in [3.8, 4) is 0 Å². The van der Waals surface area contributed by atoms with E-state index in [-0.39, 0.29) is 11.0 Å². The van der Waals surface area contributed by atoms with E-state index < -0.39 is 8.56 Å². The van der Waals surface area contributed by atoms with Crippen molar-refractivity contribution in [2.24, 2.45) is 0 Å². The average molecular weight is 216 g/mol. The Bertz CT molecular complexity index is 196. The molecule has 76 valence electrons. The molecule has 0 saturated carbocycles. The Kier molecular flexibility index (Phi) is 6.61. The first kappa shape index (κ1) is 14.8. The van der Waals surface area contributed by atoms with Gasteiger partial charge in [0.1, 0.15) is 0 Å². The molecule has 0 heterocycles. The minimum atomic E-state index is -2.28. The van der Waals surface area contributed by atoms with E-state index in [9.17, 15) is 0 Å². The van der Waals surface area contributed by atoms with E-state index in [0.717, 1.165) is 0 Å². The molecule has 0 aliphatic heterocycles. The molecule has 4 heteroatoms. The van der Waals surface area contributed by atoms with Crippen LogP contribution in [0.4, 0.5) is 0 Å². The van der Waals surface area contributed by atoms with E-state index >= 15 is 0 Å². The lowest BCUT2D eigenvalue weighted by molar-refractivity contribution is 0.283. The quantitative estimate of drug-likeness (QED) is 0.511. The molecule has 0 radical (unpaired) electrons. The van der Waals surface area contributed by atoms with Gasteiger partial charge in [-0.05, 0) is 30.5 Å². The minimum Gasteiger partial charge on any atom is -0.514 e. The number of hydrogen-bond acceptors (Lipinski definition) is 2. The average Bonchev–Trinajstić information content (AvgIpc) is 1.83. The summed E-state index contributed by atoms with van der Waals surface area (Å²) >= 11 is 0. The molecule has 0 aliphatic carbocycles. The maximum absolute atomic E-state index is 5.44. The zero-order valence-corrected chi connectivity index (χ0v) is 9.02. The van der Waals surface area contributed by atoms with Gasteiger partial charge in [-0.1, -0.05) is 13.2 Å². The molecule has 0 aromatic carbocycles. The standard InChI is InChI=1S/C9H16O2Si.H4Si/c1-7-12(6,10-8(2)3)11-9(4)5;/h7H,1-2,4H2,3,5-6H3;1H4. The van der Waals surface area contributed by atoms with Crippen LogP contribution in [0.15, 0.2) is 37.0 Å². The molecule has 0 saturated heterocycles. The zero-order chi connectivity index (χ0) is 9.78. The van der Waals surface area contributed by atoms with E-state index in [1.165, 1.54) is 0 Å². The highest BCUT2D eigenvalue weighted by atomic mass is 28.4. The van der Waals surface area contributed by atoms with Crippen LogP contribution in [-0.2, 0) is 8.85 Å². The zero-order valence-electron chi connectivity index (χ0n) is 8.02. The molecule has 0 unspecified atom stereocenters. The van der Waals surface area contributed by atoms with Gasteiger partial charge < -0.3 is 8.85 Å². The Morgan fingerprint density at radius 3 is 1.62 bits per heavy atom. The molecular formula is C9H20O2Si2. The van der Waals surface area contributed by atoms with Crippen molar-refractivity contribution in [3.05, 3.63) is 37.0 Å². The molecule has 0 fully saturated rings. The highest BCUT2D eigenvalue weighted by molar-refractivity contribution is 6.71. The van der Waals surface area contributed by atoms with Gasteiger partial charge in [0, 0.05) is 6.55 Å². The second-order valence-corrected chi connectivity index (χ2v) is 5.68. The van der Waals surface area contributed by atoms with Gasteiger partial charge in [-0.15, -0.1) is 6.58 Å². The predicted molar refractivity (Wildman–Crippen MR) is 64.9 cm³/mol. The maximum atomic E-state index is 5.44. The molecule has 0 aromatic heterocycles. The lowest BCUT2D eigenvalue weighted by atomic mass is 10.7. The van der Waals surface area contributed by atoms with Gasteiger partial charge in [0.05, 0.1) is 11.5 Å². The van der Waals surface area contributed by atoms with Gasteiger partial charge in [0.15, 0.2) is 0 Å². The smallest absolute Gasteiger partial charge is 0.483 e. The van der Waals surface area contributed by atoms with Crippen molar-refractivity contribution in [2.75, 3.05) is 0 Å². The second kappa shape index (κ2) is 5.82. The minimum absolute atomic E-state index is 0. The van der Waals surface area contributed by atoms with Gasteiger partial charge in [-0.25, -0.2) is 0 Å². The van der Waals surface area contributed by atoms with Crippen molar-refractivity contribution in [1.29, 1.82) is 0 Å². The van der Waals surface area contributed by atoms with Crippen molar-refractivity contribution in [3.63, 3.8) is 0 Å². The fraction of sp³-hybridized carbons (Fsp3) is 0.333. The fourth-order valence-corrected chi connectivity index (χ4v) is 2.39. The van der Waals surface area contributed by atoms with Crippen LogP contribution in [0.25, 0.3) is 0 Å². The molecular weight excluding hydrogens is 196 g/mol. The summed E-state index contributed by atoms with van der Waals surface area (Å²) in [7, 11) is -2.28. The van der Waals surface area contributed by atoms with Crippen LogP contribution in [0.3, 0.4) is 0 Å². The van der Waals surface area contributed by atoms with Crippen LogP contribution in [0, 0.1) is 0 Å². The SMILES string of the molecule is C=C[Si](C)(OC(=C)C)OC(=C)C.[SiH4]. The van der Waals surface area contributed by atoms with Gasteiger partial charge in [0.2, 0.25) is 0 Å². The first-order valence-corrected chi connectivity index (χ1v) is 6.11. The van der Waals surface area contributed by atoms with Crippen molar-refractivity contribution in [2.45, 2.75) is 20.4 Å². The van der Waals surface area contributed by atoms with Crippen LogP contribution >= 0.6 is 0 Å². The summed E-state index contributed by atoms with van der Waals surface area (Å²) in [4.78, 5) is 0. The molecule has 0 N–H and O–H groups in total. The number of hydrogen-bond donors (Lipinski definition) is 0. The summed E-state index contributed by atoms with van der Waals surface area (Å²) in [6.07, 6.45) is 0. The predicted octanol–water partition coefficient (Wildman–Crippen LogP) is 1.43. The lowest BCUT2D eigenvalue weighted by Gasteiger charge is -2.24. The molecule has 0 bridgehead atoms. The summed E-state index contributed by atoms with van der Waals surface area (Å²) in [6, 6.07) is 0. The summed E-state index contributed by atoms with van der Waals surface area (Å²) in [5.41, 5.74) is 1.70.